The fourth-order valence-electron chi connectivity index (χ4n) is 2.39. The fraction of sp³-hybridized carbons (Fsp3) is 0.211. The summed E-state index contributed by atoms with van der Waals surface area (Å²) in [5.41, 5.74) is 7.06. The number of nitrogens with one attached hydrogen (secondary N) is 1. The lowest BCUT2D eigenvalue weighted by Crippen LogP contribution is -2.10. The first kappa shape index (κ1) is 20.9. The molecule has 1 aromatic heterocycles. The lowest BCUT2D eigenvalue weighted by atomic mass is 10.2. The van der Waals surface area contributed by atoms with Crippen molar-refractivity contribution in [3.05, 3.63) is 47.5 Å². The zero-order chi connectivity index (χ0) is 20.8. The molecule has 152 valence electrons. The van der Waals surface area contributed by atoms with E-state index in [9.17, 15) is 9.18 Å². The Labute approximate surface area is 175 Å². The Morgan fingerprint density at radius 3 is 2.69 bits per heavy atom. The van der Waals surface area contributed by atoms with Crippen LogP contribution in [0.25, 0.3) is 10.9 Å². The van der Waals surface area contributed by atoms with Crippen molar-refractivity contribution in [2.75, 3.05) is 29.2 Å². The van der Waals surface area contributed by atoms with Gasteiger partial charge >= 0.3 is 5.97 Å². The van der Waals surface area contributed by atoms with Gasteiger partial charge in [0, 0.05) is 11.8 Å². The van der Waals surface area contributed by atoms with E-state index in [2.05, 4.69) is 15.3 Å². The molecule has 1 fully saturated rings. The van der Waals surface area contributed by atoms with Crippen LogP contribution in [0, 0.1) is 5.82 Å². The minimum absolute atomic E-state index is 0.0285. The number of thioether (sulfide) groups is 1. The Morgan fingerprint density at radius 2 is 2.03 bits per heavy atom. The van der Waals surface area contributed by atoms with E-state index in [4.69, 9.17) is 27.2 Å². The zero-order valence-corrected chi connectivity index (χ0v) is 16.8. The topological polar surface area (TPSA) is 110 Å². The number of benzene rings is 2. The summed E-state index contributed by atoms with van der Waals surface area (Å²) in [5, 5.41) is 12.6. The molecule has 0 aliphatic carbocycles. The van der Waals surface area contributed by atoms with Crippen molar-refractivity contribution < 1.29 is 19.0 Å². The number of nitrogen functional groups attached to an aromatic ring is 1. The molecule has 3 aromatic rings. The van der Waals surface area contributed by atoms with E-state index in [0.717, 1.165) is 6.07 Å². The second-order valence-corrected chi connectivity index (χ2v) is 7.66. The Morgan fingerprint density at radius 1 is 1.31 bits per heavy atom. The van der Waals surface area contributed by atoms with Crippen LogP contribution in [0.5, 0.6) is 5.75 Å². The molecule has 0 amide bonds. The highest BCUT2D eigenvalue weighted by atomic mass is 35.5. The Balaban J connectivity index is 0.000000536. The first-order chi connectivity index (χ1) is 13.9. The molecular weight excluding hydrogens is 419 g/mol. The number of hydrogen-bond donors (Lipinski definition) is 3. The van der Waals surface area contributed by atoms with E-state index in [-0.39, 0.29) is 5.75 Å². The molecule has 10 heteroatoms. The number of ether oxygens (including phenoxy) is 1. The molecule has 2 heterocycles. The van der Waals surface area contributed by atoms with E-state index in [0.29, 0.717) is 33.1 Å². The second kappa shape index (κ2) is 9.62. The summed E-state index contributed by atoms with van der Waals surface area (Å²) in [5.74, 6) is 1.47. The predicted molar refractivity (Wildman–Crippen MR) is 114 cm³/mol. The van der Waals surface area contributed by atoms with Gasteiger partial charge in [-0.1, -0.05) is 11.6 Å². The van der Waals surface area contributed by atoms with Crippen LogP contribution in [0.3, 0.4) is 0 Å². The molecule has 1 aliphatic rings. The molecule has 4 rings (SSSR count). The zero-order valence-electron chi connectivity index (χ0n) is 15.2. The minimum Gasteiger partial charge on any atom is -0.480 e. The number of carbonyl (C=O) groups is 1. The lowest BCUT2D eigenvalue weighted by Gasteiger charge is -2.14. The molecule has 4 N–H and O–H groups in total. The van der Waals surface area contributed by atoms with Crippen LogP contribution in [0.15, 0.2) is 36.7 Å². The van der Waals surface area contributed by atoms with Crippen LogP contribution in [0.4, 0.5) is 21.6 Å². The van der Waals surface area contributed by atoms with E-state index < -0.39 is 18.4 Å². The molecule has 1 saturated heterocycles. The summed E-state index contributed by atoms with van der Waals surface area (Å²) >= 11 is 8.27. The van der Waals surface area contributed by atoms with Crippen LogP contribution >= 0.6 is 23.4 Å². The number of fused-ring (bicyclic) bond motifs is 1. The molecule has 0 radical (unpaired) electrons. The van der Waals surface area contributed by atoms with Gasteiger partial charge in [0.15, 0.2) is 6.61 Å². The Bertz CT molecular complexity index is 1030. The van der Waals surface area contributed by atoms with Crippen LogP contribution in [0.2, 0.25) is 5.02 Å². The van der Waals surface area contributed by atoms with E-state index in [1.54, 1.807) is 12.1 Å². The molecule has 7 nitrogen and oxygen atoms in total. The molecule has 0 bridgehead atoms. The lowest BCUT2D eigenvalue weighted by molar-refractivity contribution is -0.139. The summed E-state index contributed by atoms with van der Waals surface area (Å²) in [6, 6.07) is 6.89. The van der Waals surface area contributed by atoms with E-state index in [1.807, 2.05) is 11.8 Å². The summed E-state index contributed by atoms with van der Waals surface area (Å²) in [6.45, 7) is -0.611. The van der Waals surface area contributed by atoms with Gasteiger partial charge < -0.3 is 20.9 Å². The summed E-state index contributed by atoms with van der Waals surface area (Å²) in [6.07, 6.45) is 2.78. The number of rotatable bonds is 5. The maximum absolute atomic E-state index is 13.5. The standard InChI is InChI=1S/C16H12ClFN4O3.C3H6S/c17-10-4-9(19)5-12-15(10)16(21-7-20-12)22-11-2-1-8(18)3-13(11)25-6-14(23)24;1-2-4-3-1/h1-5,7H,6,19H2,(H,23,24)(H,20,21,22);1-3H2. The molecule has 0 atom stereocenters. The summed E-state index contributed by atoms with van der Waals surface area (Å²) < 4.78 is 18.6. The van der Waals surface area contributed by atoms with Gasteiger partial charge in [-0.2, -0.15) is 11.8 Å². The van der Waals surface area contributed by atoms with Crippen LogP contribution in [-0.2, 0) is 4.79 Å². The van der Waals surface area contributed by atoms with Crippen LogP contribution in [-0.4, -0.2) is 39.2 Å². The molecule has 0 unspecified atom stereocenters. The number of carboxylic acid groups (broad SMARTS) is 1. The normalized spacial score (nSPS) is 12.5. The van der Waals surface area contributed by atoms with Gasteiger partial charge in [-0.3, -0.25) is 0 Å². The number of carboxylic acids is 1. The number of hydrogen-bond acceptors (Lipinski definition) is 7. The maximum Gasteiger partial charge on any atom is 0.341 e. The molecule has 0 saturated carbocycles. The van der Waals surface area contributed by atoms with Crippen molar-refractivity contribution >= 4 is 57.4 Å². The third kappa shape index (κ3) is 5.61. The highest BCUT2D eigenvalue weighted by Crippen LogP contribution is 2.34. The maximum atomic E-state index is 13.5. The van der Waals surface area contributed by atoms with Gasteiger partial charge in [0.25, 0.3) is 0 Å². The Hall–Kier alpha value is -2.78. The van der Waals surface area contributed by atoms with Crippen LogP contribution in [0.1, 0.15) is 6.42 Å². The van der Waals surface area contributed by atoms with Gasteiger partial charge in [-0.15, -0.1) is 0 Å². The average Bonchev–Trinajstić information content (AvgIpc) is 2.60. The Kier molecular flexibility index (Phi) is 6.95. The van der Waals surface area contributed by atoms with E-state index in [1.165, 1.54) is 36.4 Å². The number of halogens is 2. The fourth-order valence-corrected chi connectivity index (χ4v) is 2.99. The van der Waals surface area contributed by atoms with Crippen molar-refractivity contribution in [3.63, 3.8) is 0 Å². The van der Waals surface area contributed by atoms with Crippen molar-refractivity contribution in [1.29, 1.82) is 0 Å². The molecular formula is C19H18ClFN4O3S. The van der Waals surface area contributed by atoms with Crippen molar-refractivity contribution in [2.45, 2.75) is 6.42 Å². The quantitative estimate of drug-likeness (QED) is 0.507. The van der Waals surface area contributed by atoms with Crippen molar-refractivity contribution in [3.8, 4) is 5.75 Å². The van der Waals surface area contributed by atoms with E-state index >= 15 is 0 Å². The minimum atomic E-state index is -1.18. The number of aromatic nitrogens is 2. The number of nitrogens with zero attached hydrogens (tertiary/aromatic N) is 2. The van der Waals surface area contributed by atoms with Crippen molar-refractivity contribution in [2.24, 2.45) is 0 Å². The summed E-state index contributed by atoms with van der Waals surface area (Å²) in [7, 11) is 0. The third-order valence-electron chi connectivity index (χ3n) is 3.84. The first-order valence-electron chi connectivity index (χ1n) is 8.62. The van der Waals surface area contributed by atoms with Gasteiger partial charge in [0.1, 0.15) is 23.7 Å². The smallest absolute Gasteiger partial charge is 0.341 e. The molecule has 0 spiro atoms. The number of anilines is 3. The third-order valence-corrected chi connectivity index (χ3v) is 5.29. The highest BCUT2D eigenvalue weighted by Gasteiger charge is 2.13. The number of nitrogens with two attached hydrogens (primary N) is 1. The first-order valence-corrected chi connectivity index (χ1v) is 10.2. The predicted octanol–water partition coefficient (Wildman–Crippen LogP) is 4.33. The summed E-state index contributed by atoms with van der Waals surface area (Å²) in [4.78, 5) is 18.9. The SMILES string of the molecule is C1CSC1.Nc1cc(Cl)c2c(Nc3ccc(F)cc3OCC(=O)O)ncnc2c1. The molecule has 2 aromatic carbocycles. The highest BCUT2D eigenvalue weighted by molar-refractivity contribution is 8.00. The number of aliphatic carboxylic acids is 1. The second-order valence-electron chi connectivity index (χ2n) is 6.03. The van der Waals surface area contributed by atoms with Gasteiger partial charge in [-0.25, -0.2) is 19.2 Å². The molecule has 1 aliphatic heterocycles. The van der Waals surface area contributed by atoms with Crippen molar-refractivity contribution in [1.82, 2.24) is 9.97 Å². The largest absolute Gasteiger partial charge is 0.480 e. The van der Waals surface area contributed by atoms with Gasteiger partial charge in [0.05, 0.1) is 21.6 Å². The molecule has 29 heavy (non-hydrogen) atoms. The monoisotopic (exact) mass is 436 g/mol. The van der Waals surface area contributed by atoms with Gasteiger partial charge in [-0.05, 0) is 42.2 Å². The average molecular weight is 437 g/mol. The van der Waals surface area contributed by atoms with Gasteiger partial charge in [0.2, 0.25) is 0 Å². The van der Waals surface area contributed by atoms with Crippen LogP contribution < -0.4 is 15.8 Å².